The summed E-state index contributed by atoms with van der Waals surface area (Å²) in [5, 5.41) is 14.2. The number of likely N-dealkylation sites (tertiary alicyclic amines) is 1. The Morgan fingerprint density at radius 3 is 2.89 bits per heavy atom. The average molecular weight is 380 g/mol. The molecule has 1 unspecified atom stereocenters. The fourth-order valence-electron chi connectivity index (χ4n) is 4.35. The number of para-hydroxylation sites is 1. The van der Waals surface area contributed by atoms with Crippen molar-refractivity contribution in [2.75, 3.05) is 13.2 Å². The largest absolute Gasteiger partial charge is 0.395 e. The normalized spacial score (nSPS) is 20.2. The first-order valence-electron chi connectivity index (χ1n) is 10.0. The first-order valence-corrected chi connectivity index (χ1v) is 10.0. The molecule has 3 heterocycles. The zero-order chi connectivity index (χ0) is 19.1. The number of hydrogen-bond acceptors (Lipinski definition) is 6. The van der Waals surface area contributed by atoms with Gasteiger partial charge >= 0.3 is 0 Å². The number of aliphatic hydroxyl groups excluding tert-OH is 1. The standard InChI is InChI=1S/C21H24N4O3/c26-11-10-25-20(23-17-5-2-1-4-16(17)21(25)27)18-6-3-9-24(18)13-15-12-22-28-19(15)14-7-8-14/h1-2,4-5,12,14,18,26H,3,6-11,13H2. The third-order valence-electron chi connectivity index (χ3n) is 5.87. The molecule has 2 fully saturated rings. The first-order chi connectivity index (χ1) is 13.8. The van der Waals surface area contributed by atoms with Gasteiger partial charge in [0.15, 0.2) is 0 Å². The molecular formula is C21H24N4O3. The van der Waals surface area contributed by atoms with E-state index in [1.807, 2.05) is 24.4 Å². The predicted molar refractivity (Wildman–Crippen MR) is 104 cm³/mol. The van der Waals surface area contributed by atoms with Gasteiger partial charge in [-0.15, -0.1) is 0 Å². The molecule has 2 aliphatic rings. The van der Waals surface area contributed by atoms with Crippen molar-refractivity contribution in [2.24, 2.45) is 0 Å². The van der Waals surface area contributed by atoms with Crippen molar-refractivity contribution in [3.8, 4) is 0 Å². The van der Waals surface area contributed by atoms with Crippen LogP contribution in [-0.4, -0.2) is 37.9 Å². The summed E-state index contributed by atoms with van der Waals surface area (Å²) in [7, 11) is 0. The monoisotopic (exact) mass is 380 g/mol. The SMILES string of the molecule is O=c1c2ccccc2nc(C2CCCN2Cc2cnoc2C2CC2)n1CCO. The van der Waals surface area contributed by atoms with Gasteiger partial charge in [0.2, 0.25) is 0 Å². The molecule has 1 saturated carbocycles. The lowest BCUT2D eigenvalue weighted by Crippen LogP contribution is -2.33. The van der Waals surface area contributed by atoms with Crippen molar-refractivity contribution in [1.29, 1.82) is 0 Å². The Kier molecular flexibility index (Phi) is 4.49. The number of nitrogens with zero attached hydrogens (tertiary/aromatic N) is 4. The van der Waals surface area contributed by atoms with E-state index < -0.39 is 0 Å². The van der Waals surface area contributed by atoms with E-state index in [4.69, 9.17) is 9.51 Å². The topological polar surface area (TPSA) is 84.4 Å². The highest BCUT2D eigenvalue weighted by Crippen LogP contribution is 2.42. The van der Waals surface area contributed by atoms with Crippen LogP contribution in [-0.2, 0) is 13.1 Å². The summed E-state index contributed by atoms with van der Waals surface area (Å²) in [6.45, 7) is 1.87. The van der Waals surface area contributed by atoms with E-state index in [0.717, 1.165) is 43.1 Å². The second-order valence-electron chi connectivity index (χ2n) is 7.79. The van der Waals surface area contributed by atoms with E-state index in [1.165, 1.54) is 12.8 Å². The summed E-state index contributed by atoms with van der Waals surface area (Å²) in [6.07, 6.45) is 6.18. The van der Waals surface area contributed by atoms with Crippen LogP contribution in [0.1, 0.15) is 54.8 Å². The lowest BCUT2D eigenvalue weighted by molar-refractivity contribution is 0.222. The van der Waals surface area contributed by atoms with Gasteiger partial charge in [-0.25, -0.2) is 4.98 Å². The summed E-state index contributed by atoms with van der Waals surface area (Å²) in [5.74, 6) is 2.29. The van der Waals surface area contributed by atoms with Crippen LogP contribution >= 0.6 is 0 Å². The lowest BCUT2D eigenvalue weighted by atomic mass is 10.1. The van der Waals surface area contributed by atoms with Crippen molar-refractivity contribution in [3.63, 3.8) is 0 Å². The van der Waals surface area contributed by atoms with Crippen molar-refractivity contribution in [2.45, 2.75) is 50.7 Å². The van der Waals surface area contributed by atoms with Gasteiger partial charge < -0.3 is 9.63 Å². The predicted octanol–water partition coefficient (Wildman–Crippen LogP) is 2.59. The van der Waals surface area contributed by atoms with Crippen LogP contribution in [0.15, 0.2) is 39.8 Å². The second kappa shape index (κ2) is 7.14. The quantitative estimate of drug-likeness (QED) is 0.708. The summed E-state index contributed by atoms with van der Waals surface area (Å²) < 4.78 is 7.15. The molecule has 1 N–H and O–H groups in total. The highest BCUT2D eigenvalue weighted by molar-refractivity contribution is 5.77. The maximum Gasteiger partial charge on any atom is 0.261 e. The second-order valence-corrected chi connectivity index (χ2v) is 7.79. The molecule has 3 aromatic rings. The van der Waals surface area contributed by atoms with E-state index in [1.54, 1.807) is 10.6 Å². The Morgan fingerprint density at radius 2 is 2.07 bits per heavy atom. The molecule has 7 nitrogen and oxygen atoms in total. The van der Waals surface area contributed by atoms with Crippen molar-refractivity contribution < 1.29 is 9.63 Å². The first kappa shape index (κ1) is 17.6. The van der Waals surface area contributed by atoms with Crippen molar-refractivity contribution in [1.82, 2.24) is 19.6 Å². The van der Waals surface area contributed by atoms with Crippen molar-refractivity contribution >= 4 is 10.9 Å². The molecule has 1 aliphatic heterocycles. The Bertz CT molecular complexity index is 1050. The van der Waals surface area contributed by atoms with Crippen LogP contribution in [0.5, 0.6) is 0 Å². The van der Waals surface area contributed by atoms with Crippen LogP contribution in [0.3, 0.4) is 0 Å². The van der Waals surface area contributed by atoms with E-state index in [2.05, 4.69) is 10.1 Å². The number of aromatic nitrogens is 3. The van der Waals surface area contributed by atoms with Gasteiger partial charge in [-0.3, -0.25) is 14.3 Å². The number of fused-ring (bicyclic) bond motifs is 1. The van der Waals surface area contributed by atoms with E-state index in [-0.39, 0.29) is 24.8 Å². The molecule has 0 amide bonds. The van der Waals surface area contributed by atoms with Crippen molar-refractivity contribution in [3.05, 3.63) is 58.0 Å². The highest BCUT2D eigenvalue weighted by atomic mass is 16.5. The molecule has 146 valence electrons. The molecule has 5 rings (SSSR count). The summed E-state index contributed by atoms with van der Waals surface area (Å²) >= 11 is 0. The van der Waals surface area contributed by atoms with E-state index in [0.29, 0.717) is 16.8 Å². The van der Waals surface area contributed by atoms with Gasteiger partial charge in [0.25, 0.3) is 5.56 Å². The minimum Gasteiger partial charge on any atom is -0.395 e. The zero-order valence-electron chi connectivity index (χ0n) is 15.8. The van der Waals surface area contributed by atoms with Crippen LogP contribution in [0.25, 0.3) is 10.9 Å². The number of benzene rings is 1. The third-order valence-corrected chi connectivity index (χ3v) is 5.87. The average Bonchev–Trinajstić information content (AvgIpc) is 3.27. The number of hydrogen-bond donors (Lipinski definition) is 1. The van der Waals surface area contributed by atoms with Crippen LogP contribution in [0.2, 0.25) is 0 Å². The number of rotatable bonds is 6. The van der Waals surface area contributed by atoms with Gasteiger partial charge in [-0.1, -0.05) is 17.3 Å². The van der Waals surface area contributed by atoms with Gasteiger partial charge in [-0.2, -0.15) is 0 Å². The Hall–Kier alpha value is -2.51. The third kappa shape index (κ3) is 3.04. The molecule has 7 heteroatoms. The van der Waals surface area contributed by atoms with Crippen LogP contribution < -0.4 is 5.56 Å². The Balaban J connectivity index is 1.53. The lowest BCUT2D eigenvalue weighted by Gasteiger charge is -2.26. The van der Waals surface area contributed by atoms with Crippen LogP contribution in [0.4, 0.5) is 0 Å². The maximum atomic E-state index is 13.0. The minimum absolute atomic E-state index is 0.0470. The smallest absolute Gasteiger partial charge is 0.261 e. The van der Waals surface area contributed by atoms with E-state index in [9.17, 15) is 9.90 Å². The maximum absolute atomic E-state index is 13.0. The molecule has 1 aliphatic carbocycles. The summed E-state index contributed by atoms with van der Waals surface area (Å²) in [6, 6.07) is 7.48. The fourth-order valence-corrected chi connectivity index (χ4v) is 4.35. The molecular weight excluding hydrogens is 356 g/mol. The molecule has 1 saturated heterocycles. The molecule has 28 heavy (non-hydrogen) atoms. The molecule has 1 aromatic carbocycles. The van der Waals surface area contributed by atoms with Gasteiger partial charge in [-0.05, 0) is 44.4 Å². The fraction of sp³-hybridized carbons (Fsp3) is 0.476. The van der Waals surface area contributed by atoms with Gasteiger partial charge in [0.1, 0.15) is 11.6 Å². The molecule has 0 spiro atoms. The molecule has 1 atom stereocenters. The minimum atomic E-state index is -0.0862. The Morgan fingerprint density at radius 1 is 1.21 bits per heavy atom. The molecule has 0 radical (unpaired) electrons. The zero-order valence-corrected chi connectivity index (χ0v) is 15.8. The number of aliphatic hydroxyl groups is 1. The summed E-state index contributed by atoms with van der Waals surface area (Å²) in [4.78, 5) is 20.3. The van der Waals surface area contributed by atoms with Gasteiger partial charge in [0, 0.05) is 18.0 Å². The molecule has 2 aromatic heterocycles. The Labute approximate surface area is 162 Å². The van der Waals surface area contributed by atoms with E-state index >= 15 is 0 Å². The summed E-state index contributed by atoms with van der Waals surface area (Å²) in [5.41, 5.74) is 1.78. The highest BCUT2D eigenvalue weighted by Gasteiger charge is 2.34. The molecule has 0 bridgehead atoms. The van der Waals surface area contributed by atoms with Gasteiger partial charge in [0.05, 0.1) is 36.3 Å². The van der Waals surface area contributed by atoms with Crippen LogP contribution in [0, 0.1) is 0 Å².